The topological polar surface area (TPSA) is 84.3 Å². The smallest absolute Gasteiger partial charge is 0.295 e. The number of carbonyl (C=O) groups excluding carboxylic acids is 1. The van der Waals surface area contributed by atoms with Gasteiger partial charge in [0.05, 0.1) is 11.5 Å². The van der Waals surface area contributed by atoms with Gasteiger partial charge in [-0.3, -0.25) is 14.9 Å². The molecule has 0 heterocycles. The lowest BCUT2D eigenvalue weighted by Gasteiger charge is -2.08. The summed E-state index contributed by atoms with van der Waals surface area (Å²) in [5, 5.41) is 16.3. The summed E-state index contributed by atoms with van der Waals surface area (Å²) in [7, 11) is 0. The third-order valence-corrected chi connectivity index (χ3v) is 2.23. The first-order valence-electron chi connectivity index (χ1n) is 5.30. The van der Waals surface area contributed by atoms with Crippen molar-refractivity contribution in [3.8, 4) is 0 Å². The molecule has 0 spiro atoms. The summed E-state index contributed by atoms with van der Waals surface area (Å²) >= 11 is 0. The van der Waals surface area contributed by atoms with Crippen LogP contribution in [-0.4, -0.2) is 23.9 Å². The highest BCUT2D eigenvalue weighted by atomic mass is 16.6. The van der Waals surface area contributed by atoms with Crippen molar-refractivity contribution in [2.24, 2.45) is 0 Å². The van der Waals surface area contributed by atoms with Crippen LogP contribution in [-0.2, 0) is 4.79 Å². The van der Waals surface area contributed by atoms with E-state index < -0.39 is 4.92 Å². The zero-order valence-electron chi connectivity index (χ0n) is 9.82. The third-order valence-electron chi connectivity index (χ3n) is 2.23. The monoisotopic (exact) mass is 237 g/mol. The Kier molecular flexibility index (Phi) is 4.45. The van der Waals surface area contributed by atoms with Crippen LogP contribution < -0.4 is 10.6 Å². The molecule has 1 aromatic carbocycles. The fourth-order valence-corrected chi connectivity index (χ4v) is 1.48. The molecular formula is C11H15N3O3. The lowest BCUT2D eigenvalue weighted by atomic mass is 10.1. The molecule has 1 rings (SSSR count). The number of anilines is 1. The van der Waals surface area contributed by atoms with Crippen molar-refractivity contribution in [3.05, 3.63) is 33.9 Å². The highest BCUT2D eigenvalue weighted by molar-refractivity contribution is 5.81. The van der Waals surface area contributed by atoms with Crippen molar-refractivity contribution >= 4 is 17.3 Å². The summed E-state index contributed by atoms with van der Waals surface area (Å²) in [6.45, 7) is 4.04. The standard InChI is InChI=1S/C11H15N3O3/c1-3-12-10(15)7-13-9-6-4-5-8(2)11(9)14(16)17/h4-6,13H,3,7H2,1-2H3,(H,12,15). The van der Waals surface area contributed by atoms with Crippen molar-refractivity contribution in [2.45, 2.75) is 13.8 Å². The van der Waals surface area contributed by atoms with Gasteiger partial charge in [0.1, 0.15) is 5.69 Å². The molecule has 2 N–H and O–H groups in total. The Morgan fingerprint density at radius 2 is 2.18 bits per heavy atom. The van der Waals surface area contributed by atoms with Gasteiger partial charge in [0.25, 0.3) is 5.69 Å². The number of rotatable bonds is 5. The van der Waals surface area contributed by atoms with Crippen LogP contribution in [0, 0.1) is 17.0 Å². The summed E-state index contributed by atoms with van der Waals surface area (Å²) in [5.74, 6) is -0.191. The van der Waals surface area contributed by atoms with E-state index in [1.807, 2.05) is 6.92 Å². The van der Waals surface area contributed by atoms with E-state index in [1.54, 1.807) is 25.1 Å². The van der Waals surface area contributed by atoms with Crippen molar-refractivity contribution < 1.29 is 9.72 Å². The van der Waals surface area contributed by atoms with Gasteiger partial charge in [-0.25, -0.2) is 0 Å². The summed E-state index contributed by atoms with van der Waals surface area (Å²) in [6, 6.07) is 4.96. The zero-order chi connectivity index (χ0) is 12.8. The molecule has 6 heteroatoms. The summed E-state index contributed by atoms with van der Waals surface area (Å²) < 4.78 is 0. The second kappa shape index (κ2) is 5.83. The molecule has 92 valence electrons. The molecule has 0 fully saturated rings. The Balaban J connectivity index is 2.81. The van der Waals surface area contributed by atoms with Crippen LogP contribution in [0.3, 0.4) is 0 Å². The average Bonchev–Trinajstić information content (AvgIpc) is 2.26. The Morgan fingerprint density at radius 1 is 1.47 bits per heavy atom. The normalized spacial score (nSPS) is 9.76. The lowest BCUT2D eigenvalue weighted by Crippen LogP contribution is -2.29. The number of nitro groups is 1. The minimum atomic E-state index is -0.449. The molecule has 17 heavy (non-hydrogen) atoms. The van der Waals surface area contributed by atoms with Gasteiger partial charge in [-0.15, -0.1) is 0 Å². The van der Waals surface area contributed by atoms with Crippen LogP contribution in [0.2, 0.25) is 0 Å². The van der Waals surface area contributed by atoms with E-state index in [1.165, 1.54) is 0 Å². The molecule has 0 aliphatic heterocycles. The van der Waals surface area contributed by atoms with E-state index >= 15 is 0 Å². The maximum Gasteiger partial charge on any atom is 0.295 e. The molecule has 1 amide bonds. The summed E-state index contributed by atoms with van der Waals surface area (Å²) in [4.78, 5) is 21.7. The number of para-hydroxylation sites is 1. The van der Waals surface area contributed by atoms with Crippen molar-refractivity contribution in [2.75, 3.05) is 18.4 Å². The Hall–Kier alpha value is -2.11. The minimum absolute atomic E-state index is 0.0109. The Labute approximate surface area is 99.2 Å². The Morgan fingerprint density at radius 3 is 2.76 bits per heavy atom. The van der Waals surface area contributed by atoms with E-state index in [-0.39, 0.29) is 18.1 Å². The van der Waals surface area contributed by atoms with Crippen LogP contribution in [0.15, 0.2) is 18.2 Å². The van der Waals surface area contributed by atoms with Crippen molar-refractivity contribution in [1.82, 2.24) is 5.32 Å². The number of benzene rings is 1. The summed E-state index contributed by atoms with van der Waals surface area (Å²) in [5.41, 5.74) is 0.939. The molecule has 6 nitrogen and oxygen atoms in total. The molecule has 0 saturated carbocycles. The molecule has 0 aromatic heterocycles. The number of nitro benzene ring substituents is 1. The molecule has 0 aliphatic rings. The van der Waals surface area contributed by atoms with E-state index in [0.717, 1.165) is 0 Å². The molecular weight excluding hydrogens is 222 g/mol. The van der Waals surface area contributed by atoms with Crippen LogP contribution in [0.25, 0.3) is 0 Å². The SMILES string of the molecule is CCNC(=O)CNc1cccc(C)c1[N+](=O)[O-]. The van der Waals surface area contributed by atoms with Gasteiger partial charge < -0.3 is 10.6 Å². The van der Waals surface area contributed by atoms with Gasteiger partial charge in [-0.05, 0) is 19.9 Å². The third kappa shape index (κ3) is 3.44. The van der Waals surface area contributed by atoms with Gasteiger partial charge in [0, 0.05) is 12.1 Å². The molecule has 1 aromatic rings. The number of nitrogens with one attached hydrogen (secondary N) is 2. The number of hydrogen-bond acceptors (Lipinski definition) is 4. The highest BCUT2D eigenvalue weighted by Crippen LogP contribution is 2.27. The van der Waals surface area contributed by atoms with Crippen LogP contribution in [0.1, 0.15) is 12.5 Å². The first kappa shape index (κ1) is 13.0. The first-order chi connectivity index (χ1) is 8.06. The second-order valence-corrected chi connectivity index (χ2v) is 3.54. The fourth-order valence-electron chi connectivity index (χ4n) is 1.48. The predicted molar refractivity (Wildman–Crippen MR) is 65.0 cm³/mol. The van der Waals surface area contributed by atoms with Gasteiger partial charge >= 0.3 is 0 Å². The van der Waals surface area contributed by atoms with Crippen LogP contribution in [0.5, 0.6) is 0 Å². The van der Waals surface area contributed by atoms with E-state index in [4.69, 9.17) is 0 Å². The molecule has 0 saturated heterocycles. The molecule has 0 radical (unpaired) electrons. The van der Waals surface area contributed by atoms with Crippen LogP contribution >= 0.6 is 0 Å². The lowest BCUT2D eigenvalue weighted by molar-refractivity contribution is -0.384. The van der Waals surface area contributed by atoms with E-state index in [0.29, 0.717) is 17.8 Å². The molecule has 0 unspecified atom stereocenters. The average molecular weight is 237 g/mol. The van der Waals surface area contributed by atoms with Crippen LogP contribution in [0.4, 0.5) is 11.4 Å². The van der Waals surface area contributed by atoms with Crippen molar-refractivity contribution in [3.63, 3.8) is 0 Å². The molecule has 0 atom stereocenters. The van der Waals surface area contributed by atoms with Gasteiger partial charge in [-0.2, -0.15) is 0 Å². The van der Waals surface area contributed by atoms with E-state index in [9.17, 15) is 14.9 Å². The van der Waals surface area contributed by atoms with Gasteiger partial charge in [-0.1, -0.05) is 12.1 Å². The van der Waals surface area contributed by atoms with Gasteiger partial charge in [0.15, 0.2) is 0 Å². The maximum atomic E-state index is 11.2. The Bertz CT molecular complexity index is 432. The quantitative estimate of drug-likeness (QED) is 0.599. The highest BCUT2D eigenvalue weighted by Gasteiger charge is 2.16. The minimum Gasteiger partial charge on any atom is -0.371 e. The number of amides is 1. The van der Waals surface area contributed by atoms with Crippen molar-refractivity contribution in [1.29, 1.82) is 0 Å². The number of hydrogen-bond donors (Lipinski definition) is 2. The number of carbonyl (C=O) groups is 1. The maximum absolute atomic E-state index is 11.2. The second-order valence-electron chi connectivity index (χ2n) is 3.54. The number of aryl methyl sites for hydroxylation is 1. The largest absolute Gasteiger partial charge is 0.371 e. The zero-order valence-corrected chi connectivity index (χ0v) is 9.82. The van der Waals surface area contributed by atoms with E-state index in [2.05, 4.69) is 10.6 Å². The number of nitrogens with zero attached hydrogens (tertiary/aromatic N) is 1. The number of likely N-dealkylation sites (N-methyl/N-ethyl adjacent to an activating group) is 1. The molecule has 0 bridgehead atoms. The fraction of sp³-hybridized carbons (Fsp3) is 0.364. The first-order valence-corrected chi connectivity index (χ1v) is 5.30. The molecule has 0 aliphatic carbocycles. The summed E-state index contributed by atoms with van der Waals surface area (Å²) in [6.07, 6.45) is 0. The van der Waals surface area contributed by atoms with Gasteiger partial charge in [0.2, 0.25) is 5.91 Å². The predicted octanol–water partition coefficient (Wildman–Crippen LogP) is 1.45.